The number of halogens is 1. The molecule has 0 amide bonds. The first-order valence-corrected chi connectivity index (χ1v) is 6.34. The van der Waals surface area contributed by atoms with Crippen molar-refractivity contribution in [2.24, 2.45) is 11.7 Å². The SMILES string of the molecule is CN(CC1CCOCC1)c1ncc(F)cc1CN. The molecule has 1 fully saturated rings. The quantitative estimate of drug-likeness (QED) is 0.884. The summed E-state index contributed by atoms with van der Waals surface area (Å²) < 4.78 is 18.4. The molecule has 0 atom stereocenters. The van der Waals surface area contributed by atoms with Crippen molar-refractivity contribution < 1.29 is 9.13 Å². The number of hydrogen-bond acceptors (Lipinski definition) is 4. The average Bonchev–Trinajstić information content (AvgIpc) is 2.39. The minimum Gasteiger partial charge on any atom is -0.381 e. The Balaban J connectivity index is 2.05. The second kappa shape index (κ2) is 6.11. The van der Waals surface area contributed by atoms with Crippen LogP contribution in [0.25, 0.3) is 0 Å². The number of pyridine rings is 1. The lowest BCUT2D eigenvalue weighted by Gasteiger charge is -2.28. The molecule has 0 bridgehead atoms. The van der Waals surface area contributed by atoms with Gasteiger partial charge in [-0.05, 0) is 24.8 Å². The van der Waals surface area contributed by atoms with E-state index in [1.807, 2.05) is 7.05 Å². The van der Waals surface area contributed by atoms with Crippen LogP contribution < -0.4 is 10.6 Å². The molecule has 0 aromatic carbocycles. The Labute approximate surface area is 107 Å². The Morgan fingerprint density at radius 3 is 2.89 bits per heavy atom. The number of hydrogen-bond donors (Lipinski definition) is 1. The first-order valence-electron chi connectivity index (χ1n) is 6.34. The zero-order valence-electron chi connectivity index (χ0n) is 10.7. The van der Waals surface area contributed by atoms with Gasteiger partial charge in [0.25, 0.3) is 0 Å². The number of ether oxygens (including phenoxy) is 1. The van der Waals surface area contributed by atoms with Gasteiger partial charge in [-0.25, -0.2) is 9.37 Å². The van der Waals surface area contributed by atoms with Crippen molar-refractivity contribution in [1.82, 2.24) is 4.98 Å². The molecule has 2 rings (SSSR count). The molecule has 1 aliphatic heterocycles. The van der Waals surface area contributed by atoms with Gasteiger partial charge in [-0.1, -0.05) is 0 Å². The molecule has 0 aliphatic carbocycles. The van der Waals surface area contributed by atoms with Crippen LogP contribution in [0.5, 0.6) is 0 Å². The summed E-state index contributed by atoms with van der Waals surface area (Å²) in [6.45, 7) is 2.88. The maximum absolute atomic E-state index is 13.1. The van der Waals surface area contributed by atoms with Crippen LogP contribution in [-0.4, -0.2) is 31.8 Å². The Morgan fingerprint density at radius 2 is 2.22 bits per heavy atom. The average molecular weight is 253 g/mol. The molecule has 0 unspecified atom stereocenters. The monoisotopic (exact) mass is 253 g/mol. The largest absolute Gasteiger partial charge is 0.381 e. The van der Waals surface area contributed by atoms with E-state index in [0.29, 0.717) is 12.5 Å². The topological polar surface area (TPSA) is 51.4 Å². The standard InChI is InChI=1S/C13H20FN3O/c1-17(9-10-2-4-18-5-3-10)13-11(7-15)6-12(14)8-16-13/h6,8,10H,2-5,7,9,15H2,1H3. The number of anilines is 1. The molecule has 100 valence electrons. The maximum Gasteiger partial charge on any atom is 0.141 e. The van der Waals surface area contributed by atoms with Crippen LogP contribution in [0.15, 0.2) is 12.3 Å². The van der Waals surface area contributed by atoms with Gasteiger partial charge in [-0.3, -0.25) is 0 Å². The fourth-order valence-electron chi connectivity index (χ4n) is 2.37. The van der Waals surface area contributed by atoms with Crippen molar-refractivity contribution in [1.29, 1.82) is 0 Å². The summed E-state index contributed by atoms with van der Waals surface area (Å²) in [5.41, 5.74) is 6.39. The predicted molar refractivity (Wildman–Crippen MR) is 68.9 cm³/mol. The normalized spacial score (nSPS) is 16.8. The minimum atomic E-state index is -0.335. The van der Waals surface area contributed by atoms with E-state index in [1.54, 1.807) is 0 Å². The molecule has 0 radical (unpaired) electrons. The third-order valence-corrected chi connectivity index (χ3v) is 3.36. The second-order valence-corrected chi connectivity index (χ2v) is 4.78. The summed E-state index contributed by atoms with van der Waals surface area (Å²) in [7, 11) is 1.98. The van der Waals surface area contributed by atoms with E-state index in [1.165, 1.54) is 12.3 Å². The fraction of sp³-hybridized carbons (Fsp3) is 0.615. The van der Waals surface area contributed by atoms with E-state index < -0.39 is 0 Å². The summed E-state index contributed by atoms with van der Waals surface area (Å²) >= 11 is 0. The van der Waals surface area contributed by atoms with Gasteiger partial charge in [-0.2, -0.15) is 0 Å². The number of rotatable bonds is 4. The molecular weight excluding hydrogens is 233 g/mol. The minimum absolute atomic E-state index is 0.304. The summed E-state index contributed by atoms with van der Waals surface area (Å²) in [6.07, 6.45) is 3.39. The lowest BCUT2D eigenvalue weighted by atomic mass is 10.00. The Kier molecular flexibility index (Phi) is 4.49. The molecule has 0 saturated carbocycles. The van der Waals surface area contributed by atoms with Crippen LogP contribution in [0.1, 0.15) is 18.4 Å². The van der Waals surface area contributed by atoms with Crippen molar-refractivity contribution in [2.75, 3.05) is 31.7 Å². The van der Waals surface area contributed by atoms with Gasteiger partial charge in [0.15, 0.2) is 0 Å². The van der Waals surface area contributed by atoms with Crippen molar-refractivity contribution in [3.05, 3.63) is 23.6 Å². The molecule has 0 spiro atoms. The Morgan fingerprint density at radius 1 is 1.50 bits per heavy atom. The number of nitrogens with zero attached hydrogens (tertiary/aromatic N) is 2. The van der Waals surface area contributed by atoms with Crippen LogP contribution in [0.2, 0.25) is 0 Å². The lowest BCUT2D eigenvalue weighted by Crippen LogP contribution is -2.31. The molecule has 5 heteroatoms. The number of nitrogens with two attached hydrogens (primary N) is 1. The van der Waals surface area contributed by atoms with Gasteiger partial charge in [-0.15, -0.1) is 0 Å². The zero-order chi connectivity index (χ0) is 13.0. The highest BCUT2D eigenvalue weighted by molar-refractivity contribution is 5.46. The van der Waals surface area contributed by atoms with Crippen molar-refractivity contribution in [3.63, 3.8) is 0 Å². The first kappa shape index (κ1) is 13.2. The highest BCUT2D eigenvalue weighted by atomic mass is 19.1. The van der Waals surface area contributed by atoms with E-state index in [9.17, 15) is 4.39 Å². The Bertz CT molecular complexity index is 394. The van der Waals surface area contributed by atoms with Gasteiger partial charge in [0.05, 0.1) is 6.20 Å². The highest BCUT2D eigenvalue weighted by Crippen LogP contribution is 2.21. The summed E-state index contributed by atoms with van der Waals surface area (Å²) in [4.78, 5) is 6.22. The molecule has 1 saturated heterocycles. The summed E-state index contributed by atoms with van der Waals surface area (Å²) in [5, 5.41) is 0. The second-order valence-electron chi connectivity index (χ2n) is 4.78. The highest BCUT2D eigenvalue weighted by Gasteiger charge is 2.18. The fourth-order valence-corrected chi connectivity index (χ4v) is 2.37. The van der Waals surface area contributed by atoms with E-state index in [4.69, 9.17) is 10.5 Å². The van der Waals surface area contributed by atoms with Crippen LogP contribution in [0.3, 0.4) is 0 Å². The van der Waals surface area contributed by atoms with Crippen LogP contribution >= 0.6 is 0 Å². The molecule has 1 aliphatic rings. The van der Waals surface area contributed by atoms with E-state index in [0.717, 1.165) is 44.0 Å². The maximum atomic E-state index is 13.1. The predicted octanol–water partition coefficient (Wildman–Crippen LogP) is 1.54. The lowest BCUT2D eigenvalue weighted by molar-refractivity contribution is 0.0685. The third kappa shape index (κ3) is 3.17. The van der Waals surface area contributed by atoms with Crippen molar-refractivity contribution >= 4 is 5.82 Å². The van der Waals surface area contributed by atoms with E-state index in [-0.39, 0.29) is 5.82 Å². The van der Waals surface area contributed by atoms with Crippen molar-refractivity contribution in [3.8, 4) is 0 Å². The van der Waals surface area contributed by atoms with Gasteiger partial charge < -0.3 is 15.4 Å². The van der Waals surface area contributed by atoms with Crippen LogP contribution in [0, 0.1) is 11.7 Å². The van der Waals surface area contributed by atoms with E-state index in [2.05, 4.69) is 9.88 Å². The summed E-state index contributed by atoms with van der Waals surface area (Å²) in [6, 6.07) is 1.46. The molecule has 2 N–H and O–H groups in total. The molecule has 1 aromatic heterocycles. The van der Waals surface area contributed by atoms with E-state index >= 15 is 0 Å². The van der Waals surface area contributed by atoms with Crippen molar-refractivity contribution in [2.45, 2.75) is 19.4 Å². The molecule has 2 heterocycles. The Hall–Kier alpha value is -1.20. The summed E-state index contributed by atoms with van der Waals surface area (Å²) in [5.74, 6) is 1.06. The van der Waals surface area contributed by atoms with Crippen LogP contribution in [-0.2, 0) is 11.3 Å². The zero-order valence-corrected chi connectivity index (χ0v) is 10.7. The molecule has 18 heavy (non-hydrogen) atoms. The van der Waals surface area contributed by atoms with Gasteiger partial charge in [0.1, 0.15) is 11.6 Å². The number of aromatic nitrogens is 1. The van der Waals surface area contributed by atoms with Crippen LogP contribution in [0.4, 0.5) is 10.2 Å². The molecular formula is C13H20FN3O. The van der Waals surface area contributed by atoms with Gasteiger partial charge in [0, 0.05) is 38.9 Å². The first-order chi connectivity index (χ1) is 8.70. The smallest absolute Gasteiger partial charge is 0.141 e. The van der Waals surface area contributed by atoms with Gasteiger partial charge >= 0.3 is 0 Å². The molecule has 4 nitrogen and oxygen atoms in total. The third-order valence-electron chi connectivity index (χ3n) is 3.36. The molecule has 1 aromatic rings. The van der Waals surface area contributed by atoms with Gasteiger partial charge in [0.2, 0.25) is 0 Å².